The number of aryl methyl sites for hydroxylation is 1. The zero-order valence-corrected chi connectivity index (χ0v) is 10.4. The van der Waals surface area contributed by atoms with Crippen molar-refractivity contribution < 1.29 is 0 Å². The summed E-state index contributed by atoms with van der Waals surface area (Å²) in [6, 6.07) is 0.408. The van der Waals surface area contributed by atoms with Gasteiger partial charge in [-0.3, -0.25) is 9.36 Å². The Balaban J connectivity index is 1.95. The molecule has 0 saturated heterocycles. The molecule has 0 bridgehead atoms. The Morgan fingerprint density at radius 2 is 2.17 bits per heavy atom. The highest BCUT2D eigenvalue weighted by Gasteiger charge is 2.27. The van der Waals surface area contributed by atoms with Gasteiger partial charge in [0.1, 0.15) is 0 Å². The lowest BCUT2D eigenvalue weighted by atomic mass is 10.3. The van der Waals surface area contributed by atoms with E-state index in [1.165, 1.54) is 0 Å². The Labute approximate surface area is 103 Å². The minimum absolute atomic E-state index is 0.0344. The summed E-state index contributed by atoms with van der Waals surface area (Å²) < 4.78 is 3.36. The summed E-state index contributed by atoms with van der Waals surface area (Å²) >= 11 is 0. The molecule has 1 aliphatic carbocycles. The quantitative estimate of drug-likeness (QED) is 0.774. The first-order valence-corrected chi connectivity index (χ1v) is 5.96. The first kappa shape index (κ1) is 11.1. The van der Waals surface area contributed by atoms with Crippen LogP contribution in [-0.2, 0) is 6.54 Å². The van der Waals surface area contributed by atoms with Crippen molar-refractivity contribution in [1.82, 2.24) is 29.8 Å². The van der Waals surface area contributed by atoms with Crippen LogP contribution in [0.5, 0.6) is 0 Å². The molecular weight excluding hydrogens is 232 g/mol. The fourth-order valence-corrected chi connectivity index (χ4v) is 1.86. The second-order valence-corrected chi connectivity index (χ2v) is 4.66. The Morgan fingerprint density at radius 3 is 2.89 bits per heavy atom. The predicted molar refractivity (Wildman–Crippen MR) is 63.2 cm³/mol. The van der Waals surface area contributed by atoms with Gasteiger partial charge >= 0.3 is 0 Å². The zero-order chi connectivity index (χ0) is 12.7. The van der Waals surface area contributed by atoms with Crippen LogP contribution in [-0.4, -0.2) is 29.8 Å². The fraction of sp³-hybridized carbons (Fsp3) is 0.545. The molecule has 18 heavy (non-hydrogen) atoms. The fourth-order valence-electron chi connectivity index (χ4n) is 1.86. The lowest BCUT2D eigenvalue weighted by molar-refractivity contribution is 0.559. The molecule has 2 aromatic heterocycles. The Kier molecular flexibility index (Phi) is 2.46. The van der Waals surface area contributed by atoms with E-state index in [0.717, 1.165) is 18.5 Å². The van der Waals surface area contributed by atoms with Gasteiger partial charge in [0.25, 0.3) is 5.56 Å². The number of aromatic nitrogens is 6. The SMILES string of the molecule is Cc1ncn(Cc2nnnn2C2CC2)c(=O)c1C. The summed E-state index contributed by atoms with van der Waals surface area (Å²) in [5.41, 5.74) is 1.40. The van der Waals surface area contributed by atoms with Gasteiger partial charge in [0.05, 0.1) is 18.9 Å². The number of hydrogen-bond acceptors (Lipinski definition) is 5. The normalized spacial score (nSPS) is 15.0. The smallest absolute Gasteiger partial charge is 0.256 e. The summed E-state index contributed by atoms with van der Waals surface area (Å²) in [6.07, 6.45) is 3.77. The van der Waals surface area contributed by atoms with Crippen LogP contribution in [0.4, 0.5) is 0 Å². The average molecular weight is 246 g/mol. The highest BCUT2D eigenvalue weighted by atomic mass is 16.1. The van der Waals surface area contributed by atoms with E-state index in [1.807, 2.05) is 11.6 Å². The molecule has 0 radical (unpaired) electrons. The minimum Gasteiger partial charge on any atom is -0.291 e. The van der Waals surface area contributed by atoms with Gasteiger partial charge in [0, 0.05) is 11.3 Å². The topological polar surface area (TPSA) is 78.5 Å². The van der Waals surface area contributed by atoms with E-state index in [1.54, 1.807) is 17.8 Å². The van der Waals surface area contributed by atoms with Crippen LogP contribution in [0.15, 0.2) is 11.1 Å². The first-order chi connectivity index (χ1) is 8.66. The molecular formula is C11H14N6O. The highest BCUT2D eigenvalue weighted by molar-refractivity contribution is 5.13. The average Bonchev–Trinajstić information content (AvgIpc) is 3.11. The summed E-state index contributed by atoms with van der Waals surface area (Å²) in [5.74, 6) is 0.713. The van der Waals surface area contributed by atoms with E-state index in [9.17, 15) is 4.79 Å². The molecule has 7 nitrogen and oxygen atoms in total. The van der Waals surface area contributed by atoms with Crippen LogP contribution in [0.1, 0.15) is 36.0 Å². The van der Waals surface area contributed by atoms with E-state index in [-0.39, 0.29) is 5.56 Å². The molecule has 1 aliphatic rings. The van der Waals surface area contributed by atoms with Gasteiger partial charge in [-0.1, -0.05) is 0 Å². The summed E-state index contributed by atoms with van der Waals surface area (Å²) in [4.78, 5) is 16.3. The van der Waals surface area contributed by atoms with E-state index >= 15 is 0 Å². The second kappa shape index (κ2) is 4.01. The van der Waals surface area contributed by atoms with Gasteiger partial charge in [0.15, 0.2) is 5.82 Å². The van der Waals surface area contributed by atoms with Crippen LogP contribution in [0.3, 0.4) is 0 Å². The third kappa shape index (κ3) is 1.81. The van der Waals surface area contributed by atoms with Gasteiger partial charge in [-0.15, -0.1) is 5.10 Å². The van der Waals surface area contributed by atoms with Crippen molar-refractivity contribution in [2.24, 2.45) is 0 Å². The Hall–Kier alpha value is -2.05. The number of tetrazole rings is 1. The predicted octanol–water partition coefficient (Wildman–Crippen LogP) is 0.230. The van der Waals surface area contributed by atoms with E-state index in [0.29, 0.717) is 24.0 Å². The Bertz CT molecular complexity index is 639. The second-order valence-electron chi connectivity index (χ2n) is 4.66. The van der Waals surface area contributed by atoms with Crippen LogP contribution < -0.4 is 5.56 Å². The molecule has 2 aromatic rings. The first-order valence-electron chi connectivity index (χ1n) is 5.96. The molecule has 0 N–H and O–H groups in total. The van der Waals surface area contributed by atoms with Gasteiger partial charge in [-0.05, 0) is 37.1 Å². The standard InChI is InChI=1S/C11H14N6O/c1-7-8(2)12-6-16(11(7)18)5-10-13-14-15-17(10)9-3-4-9/h6,9H,3-5H2,1-2H3. The van der Waals surface area contributed by atoms with Crippen LogP contribution in [0, 0.1) is 13.8 Å². The van der Waals surface area contributed by atoms with Gasteiger partial charge in [-0.25, -0.2) is 9.67 Å². The largest absolute Gasteiger partial charge is 0.291 e. The monoisotopic (exact) mass is 246 g/mol. The summed E-state index contributed by atoms with van der Waals surface area (Å²) in [5, 5.41) is 11.6. The van der Waals surface area contributed by atoms with Crippen molar-refractivity contribution >= 4 is 0 Å². The molecule has 7 heteroatoms. The zero-order valence-electron chi connectivity index (χ0n) is 10.4. The molecule has 0 spiro atoms. The maximum Gasteiger partial charge on any atom is 0.256 e. The van der Waals surface area contributed by atoms with Crippen molar-refractivity contribution in [3.8, 4) is 0 Å². The van der Waals surface area contributed by atoms with Gasteiger partial charge in [-0.2, -0.15) is 0 Å². The van der Waals surface area contributed by atoms with Crippen LogP contribution in [0.25, 0.3) is 0 Å². The highest BCUT2D eigenvalue weighted by Crippen LogP contribution is 2.34. The van der Waals surface area contributed by atoms with Crippen LogP contribution >= 0.6 is 0 Å². The molecule has 0 amide bonds. The third-order valence-electron chi connectivity index (χ3n) is 3.28. The van der Waals surface area contributed by atoms with E-state index in [2.05, 4.69) is 20.5 Å². The number of rotatable bonds is 3. The molecule has 0 aromatic carbocycles. The Morgan fingerprint density at radius 1 is 1.39 bits per heavy atom. The van der Waals surface area contributed by atoms with Crippen molar-refractivity contribution in [1.29, 1.82) is 0 Å². The lowest BCUT2D eigenvalue weighted by Crippen LogP contribution is -2.25. The van der Waals surface area contributed by atoms with Gasteiger partial charge in [0.2, 0.25) is 0 Å². The summed E-state index contributed by atoms with van der Waals surface area (Å²) in [7, 11) is 0. The van der Waals surface area contributed by atoms with Crippen molar-refractivity contribution in [2.45, 2.75) is 39.3 Å². The third-order valence-corrected chi connectivity index (χ3v) is 3.28. The minimum atomic E-state index is -0.0344. The number of nitrogens with zero attached hydrogens (tertiary/aromatic N) is 6. The molecule has 0 aliphatic heterocycles. The molecule has 0 unspecified atom stereocenters. The van der Waals surface area contributed by atoms with E-state index < -0.39 is 0 Å². The van der Waals surface area contributed by atoms with Gasteiger partial charge < -0.3 is 0 Å². The number of hydrogen-bond donors (Lipinski definition) is 0. The maximum atomic E-state index is 12.1. The molecule has 2 heterocycles. The van der Waals surface area contributed by atoms with Crippen molar-refractivity contribution in [3.05, 3.63) is 33.8 Å². The molecule has 3 rings (SSSR count). The molecule has 0 atom stereocenters. The molecule has 1 fully saturated rings. The molecule has 1 saturated carbocycles. The van der Waals surface area contributed by atoms with Crippen molar-refractivity contribution in [2.75, 3.05) is 0 Å². The lowest BCUT2D eigenvalue weighted by Gasteiger charge is -2.07. The summed E-state index contributed by atoms with van der Waals surface area (Å²) in [6.45, 7) is 3.98. The van der Waals surface area contributed by atoms with Crippen LogP contribution in [0.2, 0.25) is 0 Å². The molecule has 94 valence electrons. The van der Waals surface area contributed by atoms with E-state index in [4.69, 9.17) is 0 Å². The maximum absolute atomic E-state index is 12.1. The van der Waals surface area contributed by atoms with Crippen molar-refractivity contribution in [3.63, 3.8) is 0 Å².